The van der Waals surface area contributed by atoms with Crippen molar-refractivity contribution < 1.29 is 9.59 Å². The van der Waals surface area contributed by atoms with Gasteiger partial charge in [0.2, 0.25) is 5.91 Å². The first kappa shape index (κ1) is 20.0. The lowest BCUT2D eigenvalue weighted by atomic mass is 10.1. The van der Waals surface area contributed by atoms with Gasteiger partial charge in [0.05, 0.1) is 17.4 Å². The number of nitriles is 1. The highest BCUT2D eigenvalue weighted by atomic mass is 35.5. The maximum Gasteiger partial charge on any atom is 0.230 e. The number of pyridine rings is 1. The second-order valence-corrected chi connectivity index (χ2v) is 7.11. The van der Waals surface area contributed by atoms with Crippen LogP contribution in [0.15, 0.2) is 35.4 Å². The van der Waals surface area contributed by atoms with Crippen molar-refractivity contribution in [2.45, 2.75) is 31.8 Å². The number of hydrogen-bond acceptors (Lipinski definition) is 5. The number of amides is 1. The molecule has 1 amide bonds. The third-order valence-corrected chi connectivity index (χ3v) is 5.10. The maximum absolute atomic E-state index is 12.2. The van der Waals surface area contributed by atoms with Crippen molar-refractivity contribution in [3.8, 4) is 6.07 Å². The van der Waals surface area contributed by atoms with Crippen LogP contribution in [-0.4, -0.2) is 22.4 Å². The molecule has 0 aliphatic rings. The Balaban J connectivity index is 2.06. The number of Topliss-reactive ketones (excluding diaryl/α,β-unsaturated/α-hetero) is 1. The molecule has 0 radical (unpaired) electrons. The second kappa shape index (κ2) is 8.84. The third kappa shape index (κ3) is 4.84. The molecule has 0 spiro atoms. The number of aryl methyl sites for hydroxylation is 1. The molecule has 134 valence electrons. The van der Waals surface area contributed by atoms with Gasteiger partial charge >= 0.3 is 0 Å². The molecular formula is C19H18ClN3O2S. The fourth-order valence-corrected chi connectivity index (χ4v) is 3.56. The van der Waals surface area contributed by atoms with Gasteiger partial charge in [-0.3, -0.25) is 9.59 Å². The van der Waals surface area contributed by atoms with E-state index in [2.05, 4.69) is 10.3 Å². The van der Waals surface area contributed by atoms with Gasteiger partial charge in [0.1, 0.15) is 11.1 Å². The van der Waals surface area contributed by atoms with Gasteiger partial charge in [-0.25, -0.2) is 4.98 Å². The molecule has 0 aliphatic carbocycles. The van der Waals surface area contributed by atoms with Crippen molar-refractivity contribution in [2.75, 3.05) is 5.75 Å². The number of carbonyl (C=O) groups excluding carboxylic acids is 2. The molecule has 26 heavy (non-hydrogen) atoms. The quantitative estimate of drug-likeness (QED) is 0.596. The summed E-state index contributed by atoms with van der Waals surface area (Å²) < 4.78 is 0. The molecular weight excluding hydrogens is 370 g/mol. The first-order chi connectivity index (χ1) is 12.3. The Morgan fingerprint density at radius 1 is 1.38 bits per heavy atom. The van der Waals surface area contributed by atoms with E-state index in [1.807, 2.05) is 31.2 Å². The Morgan fingerprint density at radius 2 is 2.08 bits per heavy atom. The van der Waals surface area contributed by atoms with Crippen LogP contribution in [-0.2, 0) is 4.79 Å². The lowest BCUT2D eigenvalue weighted by Crippen LogP contribution is -2.28. The molecule has 0 saturated heterocycles. The molecule has 1 aromatic carbocycles. The number of ketones is 1. The minimum Gasteiger partial charge on any atom is -0.349 e. The predicted molar refractivity (Wildman–Crippen MR) is 102 cm³/mol. The Bertz CT molecular complexity index is 893. The van der Waals surface area contributed by atoms with Crippen molar-refractivity contribution >= 4 is 35.1 Å². The van der Waals surface area contributed by atoms with E-state index < -0.39 is 0 Å². The second-order valence-electron chi connectivity index (χ2n) is 5.74. The van der Waals surface area contributed by atoms with Crippen molar-refractivity contribution in [3.63, 3.8) is 0 Å². The Labute approximate surface area is 161 Å². The molecule has 0 aliphatic heterocycles. The molecule has 1 N–H and O–H groups in total. The third-order valence-electron chi connectivity index (χ3n) is 3.77. The number of nitrogens with zero attached hydrogens (tertiary/aromatic N) is 2. The first-order valence-electron chi connectivity index (χ1n) is 7.92. The van der Waals surface area contributed by atoms with Gasteiger partial charge < -0.3 is 5.32 Å². The summed E-state index contributed by atoms with van der Waals surface area (Å²) in [4.78, 5) is 28.1. The van der Waals surface area contributed by atoms with Crippen LogP contribution >= 0.6 is 23.4 Å². The summed E-state index contributed by atoms with van der Waals surface area (Å²) in [5.41, 5.74) is 2.09. The minimum absolute atomic E-state index is 0.106. The Hall–Kier alpha value is -2.36. The van der Waals surface area contributed by atoms with E-state index >= 15 is 0 Å². The van der Waals surface area contributed by atoms with Gasteiger partial charge in [-0.15, -0.1) is 0 Å². The zero-order valence-corrected chi connectivity index (χ0v) is 16.2. The van der Waals surface area contributed by atoms with Crippen LogP contribution in [0.5, 0.6) is 0 Å². The minimum atomic E-state index is -0.234. The van der Waals surface area contributed by atoms with E-state index in [1.54, 1.807) is 13.0 Å². The monoisotopic (exact) mass is 387 g/mol. The van der Waals surface area contributed by atoms with Gasteiger partial charge in [0.25, 0.3) is 0 Å². The molecule has 5 nitrogen and oxygen atoms in total. The summed E-state index contributed by atoms with van der Waals surface area (Å²) >= 11 is 7.31. The number of nitrogens with one attached hydrogen (secondary N) is 1. The highest BCUT2D eigenvalue weighted by Gasteiger charge is 2.16. The highest BCUT2D eigenvalue weighted by molar-refractivity contribution is 8.00. The van der Waals surface area contributed by atoms with E-state index in [4.69, 9.17) is 11.6 Å². The lowest BCUT2D eigenvalue weighted by Gasteiger charge is -2.15. The molecule has 0 bridgehead atoms. The molecule has 0 saturated carbocycles. The largest absolute Gasteiger partial charge is 0.349 e. The average molecular weight is 388 g/mol. The summed E-state index contributed by atoms with van der Waals surface area (Å²) in [6.45, 7) is 5.00. The lowest BCUT2D eigenvalue weighted by molar-refractivity contribution is -0.119. The molecule has 0 fully saturated rings. The average Bonchev–Trinajstić information content (AvgIpc) is 2.59. The number of rotatable bonds is 6. The van der Waals surface area contributed by atoms with Crippen LogP contribution in [0, 0.1) is 18.3 Å². The summed E-state index contributed by atoms with van der Waals surface area (Å²) in [6, 6.07) is 10.7. The van der Waals surface area contributed by atoms with E-state index in [-0.39, 0.29) is 29.0 Å². The van der Waals surface area contributed by atoms with Crippen LogP contribution in [0.1, 0.15) is 47.1 Å². The number of carbonyl (C=O) groups is 2. The summed E-state index contributed by atoms with van der Waals surface area (Å²) in [7, 11) is 0. The molecule has 1 aromatic heterocycles. The van der Waals surface area contributed by atoms with Crippen molar-refractivity contribution in [1.29, 1.82) is 5.26 Å². The van der Waals surface area contributed by atoms with Crippen LogP contribution in [0.4, 0.5) is 0 Å². The summed E-state index contributed by atoms with van der Waals surface area (Å²) in [6.07, 6.45) is 0. The molecule has 7 heteroatoms. The van der Waals surface area contributed by atoms with Crippen LogP contribution < -0.4 is 5.32 Å². The summed E-state index contributed by atoms with van der Waals surface area (Å²) in [5.74, 6) is -0.231. The van der Waals surface area contributed by atoms with E-state index in [1.165, 1.54) is 24.8 Å². The molecule has 1 unspecified atom stereocenters. The fourth-order valence-electron chi connectivity index (χ4n) is 2.45. The molecule has 1 atom stereocenters. The van der Waals surface area contributed by atoms with Crippen LogP contribution in [0.25, 0.3) is 0 Å². The summed E-state index contributed by atoms with van der Waals surface area (Å²) in [5, 5.41) is 13.2. The van der Waals surface area contributed by atoms with E-state index in [9.17, 15) is 14.9 Å². The highest BCUT2D eigenvalue weighted by Crippen LogP contribution is 2.25. The Morgan fingerprint density at radius 3 is 2.69 bits per heavy atom. The number of aromatic nitrogens is 1. The van der Waals surface area contributed by atoms with Gasteiger partial charge in [-0.2, -0.15) is 5.26 Å². The molecule has 1 heterocycles. The van der Waals surface area contributed by atoms with Crippen LogP contribution in [0.2, 0.25) is 5.02 Å². The fraction of sp³-hybridized carbons (Fsp3) is 0.263. The van der Waals surface area contributed by atoms with Gasteiger partial charge in [-0.1, -0.05) is 41.6 Å². The van der Waals surface area contributed by atoms with Gasteiger partial charge in [0, 0.05) is 16.3 Å². The first-order valence-corrected chi connectivity index (χ1v) is 9.29. The SMILES string of the molecule is CC(=O)c1cc(C#N)c(SCC(=O)NC(C)c2ccccc2Cl)nc1C. The van der Waals surface area contributed by atoms with Crippen LogP contribution in [0.3, 0.4) is 0 Å². The van der Waals surface area contributed by atoms with E-state index in [0.29, 0.717) is 21.3 Å². The van der Waals surface area contributed by atoms with Gasteiger partial charge in [0.15, 0.2) is 5.78 Å². The zero-order chi connectivity index (χ0) is 19.3. The molecule has 2 aromatic rings. The number of halogens is 1. The number of thioether (sulfide) groups is 1. The standard InChI is InChI=1S/C19H18ClN3O2S/c1-11(15-6-4-5-7-17(15)20)22-18(25)10-26-19-14(9-21)8-16(13(3)24)12(2)23-19/h4-8,11H,10H2,1-3H3,(H,22,25). The van der Waals surface area contributed by atoms with Crippen molar-refractivity contribution in [2.24, 2.45) is 0 Å². The molecule has 2 rings (SSSR count). The number of hydrogen-bond donors (Lipinski definition) is 1. The normalized spacial score (nSPS) is 11.5. The smallest absolute Gasteiger partial charge is 0.230 e. The maximum atomic E-state index is 12.2. The zero-order valence-electron chi connectivity index (χ0n) is 14.7. The topological polar surface area (TPSA) is 82.8 Å². The van der Waals surface area contributed by atoms with Gasteiger partial charge in [-0.05, 0) is 38.5 Å². The predicted octanol–water partition coefficient (Wildman–Crippen LogP) is 4.09. The van der Waals surface area contributed by atoms with Crippen molar-refractivity contribution in [3.05, 3.63) is 57.7 Å². The van der Waals surface area contributed by atoms with E-state index in [0.717, 1.165) is 5.56 Å². The van der Waals surface area contributed by atoms with Crippen molar-refractivity contribution in [1.82, 2.24) is 10.3 Å². The number of benzene rings is 1. The Kier molecular flexibility index (Phi) is 6.78.